The second-order valence-corrected chi connectivity index (χ2v) is 5.53. The minimum absolute atomic E-state index is 0.134. The predicted molar refractivity (Wildman–Crippen MR) is 60.4 cm³/mol. The van der Waals surface area contributed by atoms with Gasteiger partial charge in [0.25, 0.3) is 0 Å². The fraction of sp³-hybridized carbons (Fsp3) is 0.400. The van der Waals surface area contributed by atoms with Gasteiger partial charge in [0.15, 0.2) is 0 Å². The van der Waals surface area contributed by atoms with Gasteiger partial charge in [0.05, 0.1) is 18.9 Å². The molecule has 0 spiro atoms. The molecule has 1 aromatic carbocycles. The summed E-state index contributed by atoms with van der Waals surface area (Å²) in [6.45, 7) is 1.64. The van der Waals surface area contributed by atoms with Gasteiger partial charge in [-0.25, -0.2) is 13.1 Å². The molecule has 5 nitrogen and oxygen atoms in total. The zero-order valence-electron chi connectivity index (χ0n) is 8.72. The molecule has 88 valence electrons. The van der Waals surface area contributed by atoms with Crippen LogP contribution in [0, 0.1) is 5.92 Å². The van der Waals surface area contributed by atoms with E-state index in [0.29, 0.717) is 19.8 Å². The molecule has 0 atom stereocenters. The number of rotatable bonds is 4. The van der Waals surface area contributed by atoms with Gasteiger partial charge in [-0.1, -0.05) is 12.1 Å². The third-order valence-electron chi connectivity index (χ3n) is 2.48. The Morgan fingerprint density at radius 2 is 2.06 bits per heavy atom. The Labute approximate surface area is 94.6 Å². The summed E-state index contributed by atoms with van der Waals surface area (Å²) < 4.78 is 31.2. The summed E-state index contributed by atoms with van der Waals surface area (Å²) in [6.07, 6.45) is 0. The third-order valence-corrected chi connectivity index (χ3v) is 3.98. The number of benzene rings is 1. The monoisotopic (exact) mass is 242 g/mol. The first-order valence-electron chi connectivity index (χ1n) is 5.01. The van der Waals surface area contributed by atoms with Gasteiger partial charge in [-0.2, -0.15) is 0 Å². The van der Waals surface area contributed by atoms with E-state index in [1.807, 2.05) is 0 Å². The van der Waals surface area contributed by atoms with E-state index < -0.39 is 10.0 Å². The van der Waals surface area contributed by atoms with E-state index in [1.165, 1.54) is 6.07 Å². The van der Waals surface area contributed by atoms with Crippen molar-refractivity contribution in [2.45, 2.75) is 4.90 Å². The van der Waals surface area contributed by atoms with E-state index in [2.05, 4.69) is 4.72 Å². The number of hydrogen-bond acceptors (Lipinski definition) is 4. The van der Waals surface area contributed by atoms with Crippen LogP contribution in [0.25, 0.3) is 0 Å². The Morgan fingerprint density at radius 1 is 1.38 bits per heavy atom. The number of ether oxygens (including phenoxy) is 1. The molecule has 1 fully saturated rings. The van der Waals surface area contributed by atoms with Crippen LogP contribution < -0.4 is 10.5 Å². The number of sulfonamides is 1. The summed E-state index contributed by atoms with van der Waals surface area (Å²) in [5.74, 6) is 0.278. The summed E-state index contributed by atoms with van der Waals surface area (Å²) in [5, 5.41) is 0. The van der Waals surface area contributed by atoms with Crippen LogP contribution in [0.4, 0.5) is 5.69 Å². The molecule has 3 N–H and O–H groups in total. The molecule has 1 aliphatic rings. The van der Waals surface area contributed by atoms with E-state index in [9.17, 15) is 8.42 Å². The second-order valence-electron chi connectivity index (χ2n) is 3.79. The summed E-state index contributed by atoms with van der Waals surface area (Å²) in [5.41, 5.74) is 5.88. The number of nitrogens with two attached hydrogens (primary N) is 1. The largest absolute Gasteiger partial charge is 0.398 e. The molecule has 0 bridgehead atoms. The van der Waals surface area contributed by atoms with Gasteiger partial charge in [-0.05, 0) is 12.1 Å². The van der Waals surface area contributed by atoms with Crippen LogP contribution in [0.2, 0.25) is 0 Å². The van der Waals surface area contributed by atoms with Crippen molar-refractivity contribution in [3.05, 3.63) is 24.3 Å². The molecule has 0 radical (unpaired) electrons. The van der Waals surface area contributed by atoms with Crippen LogP contribution in [-0.4, -0.2) is 28.2 Å². The Hall–Kier alpha value is -1.11. The zero-order valence-corrected chi connectivity index (χ0v) is 9.53. The number of nitrogens with one attached hydrogen (secondary N) is 1. The van der Waals surface area contributed by atoms with Gasteiger partial charge in [-0.3, -0.25) is 0 Å². The standard InChI is InChI=1S/C10H14N2O3S/c11-9-3-1-2-4-10(9)16(13,14)12-5-8-6-15-7-8/h1-4,8,12H,5-7,11H2. The van der Waals surface area contributed by atoms with Crippen molar-refractivity contribution in [1.29, 1.82) is 0 Å². The number of nitrogen functional groups attached to an aromatic ring is 1. The molecule has 0 aliphatic carbocycles. The van der Waals surface area contributed by atoms with Gasteiger partial charge in [0.2, 0.25) is 10.0 Å². The topological polar surface area (TPSA) is 81.4 Å². The Morgan fingerprint density at radius 3 is 2.62 bits per heavy atom. The van der Waals surface area contributed by atoms with Crippen LogP contribution in [0.5, 0.6) is 0 Å². The van der Waals surface area contributed by atoms with E-state index in [0.717, 1.165) is 0 Å². The Kier molecular flexibility index (Phi) is 3.13. The maximum atomic E-state index is 11.9. The Bertz CT molecular complexity index is 469. The van der Waals surface area contributed by atoms with Crippen molar-refractivity contribution in [3.8, 4) is 0 Å². The lowest BCUT2D eigenvalue weighted by atomic mass is 10.1. The second kappa shape index (κ2) is 4.40. The minimum Gasteiger partial charge on any atom is -0.398 e. The highest BCUT2D eigenvalue weighted by atomic mass is 32.2. The highest BCUT2D eigenvalue weighted by Gasteiger charge is 2.22. The lowest BCUT2D eigenvalue weighted by molar-refractivity contribution is -0.0283. The lowest BCUT2D eigenvalue weighted by Gasteiger charge is -2.25. The molecule has 2 rings (SSSR count). The average molecular weight is 242 g/mol. The molecule has 1 aromatic rings. The van der Waals surface area contributed by atoms with Gasteiger partial charge in [-0.15, -0.1) is 0 Å². The predicted octanol–water partition coefficient (Wildman–Crippen LogP) is 0.193. The summed E-state index contributed by atoms with van der Waals surface area (Å²) in [7, 11) is -3.49. The summed E-state index contributed by atoms with van der Waals surface area (Å²) in [4.78, 5) is 0.134. The van der Waals surface area contributed by atoms with Gasteiger partial charge in [0.1, 0.15) is 4.90 Å². The van der Waals surface area contributed by atoms with Gasteiger partial charge in [0, 0.05) is 12.5 Å². The average Bonchev–Trinajstić information content (AvgIpc) is 2.15. The molecule has 0 aromatic heterocycles. The highest BCUT2D eigenvalue weighted by molar-refractivity contribution is 7.89. The zero-order chi connectivity index (χ0) is 11.6. The lowest BCUT2D eigenvalue weighted by Crippen LogP contribution is -2.39. The summed E-state index contributed by atoms with van der Waals surface area (Å²) >= 11 is 0. The molecular formula is C10H14N2O3S. The van der Waals surface area contributed by atoms with Gasteiger partial charge < -0.3 is 10.5 Å². The molecule has 0 unspecified atom stereocenters. The van der Waals surface area contributed by atoms with E-state index in [1.54, 1.807) is 18.2 Å². The quantitative estimate of drug-likeness (QED) is 0.739. The molecule has 1 aliphatic heterocycles. The maximum absolute atomic E-state index is 11.9. The van der Waals surface area contributed by atoms with Crippen molar-refractivity contribution >= 4 is 15.7 Å². The first-order valence-corrected chi connectivity index (χ1v) is 6.50. The first-order chi connectivity index (χ1) is 7.59. The molecule has 1 heterocycles. The molecule has 1 saturated heterocycles. The summed E-state index contributed by atoms with van der Waals surface area (Å²) in [6, 6.07) is 6.42. The minimum atomic E-state index is -3.49. The van der Waals surface area contributed by atoms with Gasteiger partial charge >= 0.3 is 0 Å². The number of anilines is 1. The van der Waals surface area contributed by atoms with Crippen molar-refractivity contribution < 1.29 is 13.2 Å². The molecular weight excluding hydrogens is 228 g/mol. The van der Waals surface area contributed by atoms with E-state index in [4.69, 9.17) is 10.5 Å². The van der Waals surface area contributed by atoms with Crippen LogP contribution in [0.1, 0.15) is 0 Å². The van der Waals surface area contributed by atoms with E-state index in [-0.39, 0.29) is 16.5 Å². The molecule has 6 heteroatoms. The Balaban J connectivity index is 2.09. The first kappa shape index (κ1) is 11.4. The van der Waals surface area contributed by atoms with Crippen LogP contribution in [-0.2, 0) is 14.8 Å². The van der Waals surface area contributed by atoms with Crippen molar-refractivity contribution in [1.82, 2.24) is 4.72 Å². The van der Waals surface area contributed by atoms with Crippen LogP contribution in [0.3, 0.4) is 0 Å². The number of hydrogen-bond donors (Lipinski definition) is 2. The number of para-hydroxylation sites is 1. The van der Waals surface area contributed by atoms with Crippen molar-refractivity contribution in [2.24, 2.45) is 5.92 Å². The van der Waals surface area contributed by atoms with Crippen molar-refractivity contribution in [2.75, 3.05) is 25.5 Å². The molecule has 0 amide bonds. The third kappa shape index (κ3) is 2.34. The fourth-order valence-corrected chi connectivity index (χ4v) is 2.68. The fourth-order valence-electron chi connectivity index (χ4n) is 1.43. The molecule has 16 heavy (non-hydrogen) atoms. The highest BCUT2D eigenvalue weighted by Crippen LogP contribution is 2.17. The maximum Gasteiger partial charge on any atom is 0.242 e. The van der Waals surface area contributed by atoms with Crippen molar-refractivity contribution in [3.63, 3.8) is 0 Å². The SMILES string of the molecule is Nc1ccccc1S(=O)(=O)NCC1COC1. The van der Waals surface area contributed by atoms with Crippen LogP contribution in [0.15, 0.2) is 29.2 Å². The smallest absolute Gasteiger partial charge is 0.242 e. The van der Waals surface area contributed by atoms with Crippen LogP contribution >= 0.6 is 0 Å². The van der Waals surface area contributed by atoms with E-state index >= 15 is 0 Å². The molecule has 0 saturated carbocycles. The normalized spacial score (nSPS) is 17.0.